The van der Waals surface area contributed by atoms with Gasteiger partial charge in [-0.1, -0.05) is 51.5 Å². The third kappa shape index (κ3) is 3.28. The summed E-state index contributed by atoms with van der Waals surface area (Å²) in [6, 6.07) is -1.54. The molecule has 0 saturated carbocycles. The quantitative estimate of drug-likeness (QED) is 0.592. The summed E-state index contributed by atoms with van der Waals surface area (Å²) in [5, 5.41) is 10.4. The largest absolute Gasteiger partial charge is 0.394 e. The normalized spacial score (nSPS) is 37.0. The van der Waals surface area contributed by atoms with Gasteiger partial charge in [-0.25, -0.2) is 0 Å². The molecule has 0 aromatic carbocycles. The molecule has 2 fully saturated rings. The Labute approximate surface area is 202 Å². The Morgan fingerprint density at radius 3 is 2.29 bits per heavy atom. The molecule has 3 amide bonds. The molecule has 4 heterocycles. The van der Waals surface area contributed by atoms with E-state index in [1.54, 1.807) is 21.7 Å². The second kappa shape index (κ2) is 8.79. The van der Waals surface area contributed by atoms with Crippen molar-refractivity contribution in [2.24, 2.45) is 17.8 Å². The van der Waals surface area contributed by atoms with Crippen LogP contribution in [0.5, 0.6) is 0 Å². The molecule has 1 spiro atoms. The molecule has 8 nitrogen and oxygen atoms in total. The molecule has 0 aliphatic carbocycles. The minimum atomic E-state index is -1.27. The fourth-order valence-electron chi connectivity index (χ4n) is 6.47. The number of hydrogen-bond donors (Lipinski definition) is 1. The number of hydrogen-bond acceptors (Lipinski definition) is 5. The van der Waals surface area contributed by atoms with Gasteiger partial charge in [0.25, 0.3) is 0 Å². The summed E-state index contributed by atoms with van der Waals surface area (Å²) in [6.07, 6.45) is 8.89. The van der Waals surface area contributed by atoms with E-state index in [9.17, 15) is 19.5 Å². The molecule has 1 unspecified atom stereocenters. The molecule has 2 saturated heterocycles. The van der Waals surface area contributed by atoms with Crippen molar-refractivity contribution in [3.8, 4) is 0 Å². The van der Waals surface area contributed by atoms with Gasteiger partial charge >= 0.3 is 0 Å². The maximum absolute atomic E-state index is 14.3. The number of likely N-dealkylation sites (tertiary alicyclic amines) is 1. The first kappa shape index (κ1) is 24.9. The Bertz CT molecular complexity index is 916. The lowest BCUT2D eigenvalue weighted by atomic mass is 9.73. The van der Waals surface area contributed by atoms with Crippen molar-refractivity contribution in [3.63, 3.8) is 0 Å². The van der Waals surface area contributed by atoms with Gasteiger partial charge in [-0.15, -0.1) is 0 Å². The van der Waals surface area contributed by atoms with E-state index < -0.39 is 35.1 Å². The highest BCUT2D eigenvalue weighted by atomic mass is 16.5. The third-order valence-electron chi connectivity index (χ3n) is 8.58. The number of fused-ring (bicyclic) bond motifs is 2. The highest BCUT2D eigenvalue weighted by molar-refractivity contribution is 6.00. The van der Waals surface area contributed by atoms with Gasteiger partial charge < -0.3 is 24.5 Å². The van der Waals surface area contributed by atoms with Crippen LogP contribution in [-0.4, -0.2) is 93.6 Å². The second-order valence-corrected chi connectivity index (χ2v) is 10.6. The molecule has 4 aliphatic heterocycles. The van der Waals surface area contributed by atoms with E-state index >= 15 is 0 Å². The number of ether oxygens (including phenoxy) is 1. The first-order chi connectivity index (χ1) is 16.1. The van der Waals surface area contributed by atoms with E-state index in [1.807, 2.05) is 58.9 Å². The zero-order chi connectivity index (χ0) is 25.0. The van der Waals surface area contributed by atoms with Gasteiger partial charge in [0.1, 0.15) is 11.6 Å². The van der Waals surface area contributed by atoms with Crippen LogP contribution in [0.1, 0.15) is 47.5 Å². The molecule has 188 valence electrons. The van der Waals surface area contributed by atoms with Gasteiger partial charge in [0, 0.05) is 26.2 Å². The minimum absolute atomic E-state index is 0.0271. The van der Waals surface area contributed by atoms with Crippen LogP contribution in [0.15, 0.2) is 24.3 Å². The van der Waals surface area contributed by atoms with Gasteiger partial charge in [-0.2, -0.15) is 0 Å². The Kier molecular flexibility index (Phi) is 6.44. The predicted molar refractivity (Wildman–Crippen MR) is 128 cm³/mol. The number of nitrogens with zero attached hydrogens (tertiary/aromatic N) is 3. The smallest absolute Gasteiger partial charge is 0.249 e. The lowest BCUT2D eigenvalue weighted by molar-refractivity contribution is -0.159. The van der Waals surface area contributed by atoms with E-state index in [4.69, 9.17) is 4.74 Å². The van der Waals surface area contributed by atoms with Crippen LogP contribution in [-0.2, 0) is 19.1 Å². The maximum Gasteiger partial charge on any atom is 0.249 e. The lowest BCUT2D eigenvalue weighted by Crippen LogP contribution is -2.60. The van der Waals surface area contributed by atoms with Crippen molar-refractivity contribution in [1.82, 2.24) is 14.7 Å². The van der Waals surface area contributed by atoms with Crippen molar-refractivity contribution in [3.05, 3.63) is 24.3 Å². The van der Waals surface area contributed by atoms with Crippen molar-refractivity contribution in [2.45, 2.75) is 76.8 Å². The summed E-state index contributed by atoms with van der Waals surface area (Å²) in [4.78, 5) is 47.1. The molecule has 0 radical (unpaired) electrons. The van der Waals surface area contributed by atoms with Gasteiger partial charge in [0.2, 0.25) is 17.7 Å². The van der Waals surface area contributed by atoms with Crippen molar-refractivity contribution >= 4 is 17.7 Å². The summed E-state index contributed by atoms with van der Waals surface area (Å²) in [5.41, 5.74) is -2.23. The number of carbonyl (C=O) groups excluding carboxylic acids is 3. The Hall–Kier alpha value is -2.19. The summed E-state index contributed by atoms with van der Waals surface area (Å²) >= 11 is 0. The second-order valence-electron chi connectivity index (χ2n) is 10.6. The molecule has 0 aromatic heterocycles. The monoisotopic (exact) mass is 473 g/mol. The summed E-state index contributed by atoms with van der Waals surface area (Å²) in [7, 11) is 1.74. The molecule has 0 bridgehead atoms. The van der Waals surface area contributed by atoms with Crippen LogP contribution in [0.2, 0.25) is 0 Å². The van der Waals surface area contributed by atoms with Crippen LogP contribution in [0.3, 0.4) is 0 Å². The predicted octanol–water partition coefficient (Wildman–Crippen LogP) is 1.59. The van der Waals surface area contributed by atoms with Gasteiger partial charge in [0.15, 0.2) is 0 Å². The van der Waals surface area contributed by atoms with Crippen LogP contribution in [0, 0.1) is 17.8 Å². The van der Waals surface area contributed by atoms with Crippen molar-refractivity contribution in [1.29, 1.82) is 0 Å². The molecule has 7 atom stereocenters. The third-order valence-corrected chi connectivity index (χ3v) is 8.58. The topological polar surface area (TPSA) is 90.4 Å². The van der Waals surface area contributed by atoms with Gasteiger partial charge in [-0.3, -0.25) is 14.4 Å². The maximum atomic E-state index is 14.3. The van der Waals surface area contributed by atoms with E-state index in [0.29, 0.717) is 19.5 Å². The molecule has 8 heteroatoms. The molecule has 34 heavy (non-hydrogen) atoms. The van der Waals surface area contributed by atoms with E-state index in [0.717, 1.165) is 6.42 Å². The number of amides is 3. The standard InChI is InChI=1S/C26H39N3O5/c1-7-17(5)18(15-30)29-21-24(33)28(16(3)4)14-10-12-26(21)20(23(29)32)19-22(31)27(6)13-9-11-25(19,8-2)34-26/h9-12,16-21,30H,7-8,13-15H2,1-6H3/t17-,18-,19-,20-,21?,25+,26-/m0/s1. The Morgan fingerprint density at radius 2 is 1.71 bits per heavy atom. The number of aliphatic hydroxyl groups excluding tert-OH is 1. The lowest BCUT2D eigenvalue weighted by Gasteiger charge is -2.42. The molecule has 4 rings (SSSR count). The zero-order valence-electron chi connectivity index (χ0n) is 21.2. The average molecular weight is 474 g/mol. The SMILES string of the molecule is CC[C@H](C)[C@H](CO)N1C(=O)[C@@H]2[C@H]3C(=O)N(C)CC=C[C@@]3(CC)O[C@@]23C=CCN(C(C)C)C(=O)C13. The molecule has 0 aromatic rings. The van der Waals surface area contributed by atoms with Crippen molar-refractivity contribution in [2.75, 3.05) is 26.7 Å². The Balaban J connectivity index is 1.95. The van der Waals surface area contributed by atoms with Crippen LogP contribution in [0.25, 0.3) is 0 Å². The number of likely N-dealkylation sites (N-methyl/N-ethyl adjacent to an activating group) is 1. The van der Waals surface area contributed by atoms with Gasteiger partial charge in [0.05, 0.1) is 30.1 Å². The fraction of sp³-hybridized carbons (Fsp3) is 0.731. The molecular weight excluding hydrogens is 434 g/mol. The summed E-state index contributed by atoms with van der Waals surface area (Å²) in [6.45, 7) is 10.5. The number of carbonyl (C=O) groups is 3. The van der Waals surface area contributed by atoms with E-state index in [1.165, 1.54) is 0 Å². The molecule has 1 N–H and O–H groups in total. The number of aliphatic hydroxyl groups is 1. The zero-order valence-corrected chi connectivity index (χ0v) is 21.2. The molecular formula is C26H39N3O5. The Morgan fingerprint density at radius 1 is 1.03 bits per heavy atom. The average Bonchev–Trinajstić information content (AvgIpc) is 3.10. The van der Waals surface area contributed by atoms with Crippen LogP contribution < -0.4 is 0 Å². The first-order valence-corrected chi connectivity index (χ1v) is 12.6. The molecule has 4 aliphatic rings. The summed E-state index contributed by atoms with van der Waals surface area (Å²) in [5.74, 6) is -2.20. The highest BCUT2D eigenvalue weighted by Crippen LogP contribution is 2.59. The van der Waals surface area contributed by atoms with Crippen LogP contribution in [0.4, 0.5) is 0 Å². The first-order valence-electron chi connectivity index (χ1n) is 12.6. The summed E-state index contributed by atoms with van der Waals surface area (Å²) < 4.78 is 6.89. The highest BCUT2D eigenvalue weighted by Gasteiger charge is 2.76. The van der Waals surface area contributed by atoms with Crippen LogP contribution >= 0.6 is 0 Å². The van der Waals surface area contributed by atoms with E-state index in [-0.39, 0.29) is 36.3 Å². The minimum Gasteiger partial charge on any atom is -0.394 e. The number of rotatable bonds is 6. The van der Waals surface area contributed by atoms with Gasteiger partial charge in [-0.05, 0) is 26.2 Å². The van der Waals surface area contributed by atoms with E-state index in [2.05, 4.69) is 0 Å². The fourth-order valence-corrected chi connectivity index (χ4v) is 6.47. The van der Waals surface area contributed by atoms with Crippen molar-refractivity contribution < 1.29 is 24.2 Å².